The van der Waals surface area contributed by atoms with Gasteiger partial charge < -0.3 is 14.1 Å². The molecular formula is C14H19NO4. The van der Waals surface area contributed by atoms with Gasteiger partial charge in [0.15, 0.2) is 5.76 Å². The summed E-state index contributed by atoms with van der Waals surface area (Å²) in [4.78, 5) is 25.4. The van der Waals surface area contributed by atoms with Crippen LogP contribution in [0.3, 0.4) is 0 Å². The van der Waals surface area contributed by atoms with Crippen LogP contribution in [-0.2, 0) is 16.0 Å². The molecule has 1 saturated carbocycles. The summed E-state index contributed by atoms with van der Waals surface area (Å²) >= 11 is 0. The van der Waals surface area contributed by atoms with Crippen LogP contribution in [0.4, 0.5) is 0 Å². The van der Waals surface area contributed by atoms with Gasteiger partial charge in [-0.25, -0.2) is 0 Å². The fourth-order valence-electron chi connectivity index (χ4n) is 1.92. The summed E-state index contributed by atoms with van der Waals surface area (Å²) in [5, 5.41) is 0. The minimum absolute atomic E-state index is 0.000498. The van der Waals surface area contributed by atoms with Gasteiger partial charge in [-0.15, -0.1) is 0 Å². The lowest BCUT2D eigenvalue weighted by Gasteiger charge is -2.19. The van der Waals surface area contributed by atoms with Crippen molar-refractivity contribution >= 4 is 11.9 Å². The molecule has 0 spiro atoms. The van der Waals surface area contributed by atoms with Gasteiger partial charge in [-0.2, -0.15) is 0 Å². The lowest BCUT2D eigenvalue weighted by Crippen LogP contribution is -2.38. The number of carbonyl (C=O) groups excluding carboxylic acids is 2. The zero-order chi connectivity index (χ0) is 13.8. The van der Waals surface area contributed by atoms with Gasteiger partial charge in [0.1, 0.15) is 12.3 Å². The molecule has 0 aliphatic heterocycles. The molecule has 1 aromatic rings. The molecule has 5 heteroatoms. The highest BCUT2D eigenvalue weighted by Crippen LogP contribution is 2.28. The normalized spacial score (nSPS) is 14.2. The second kappa shape index (κ2) is 5.91. The van der Waals surface area contributed by atoms with Gasteiger partial charge in [-0.1, -0.05) is 6.92 Å². The largest absolute Gasteiger partial charge is 0.465 e. The van der Waals surface area contributed by atoms with Gasteiger partial charge in [0.05, 0.1) is 6.61 Å². The average Bonchev–Trinajstić information content (AvgIpc) is 3.12. The Labute approximate surface area is 112 Å². The summed E-state index contributed by atoms with van der Waals surface area (Å²) in [5.41, 5.74) is 0. The molecule has 1 heterocycles. The summed E-state index contributed by atoms with van der Waals surface area (Å²) in [6, 6.07) is 3.61. The van der Waals surface area contributed by atoms with Gasteiger partial charge >= 0.3 is 5.97 Å². The molecule has 0 aromatic carbocycles. The van der Waals surface area contributed by atoms with E-state index in [4.69, 9.17) is 9.15 Å². The van der Waals surface area contributed by atoms with Crippen molar-refractivity contribution in [1.82, 2.24) is 4.90 Å². The Balaban J connectivity index is 2.06. The molecule has 0 bridgehead atoms. The van der Waals surface area contributed by atoms with Crippen molar-refractivity contribution in [3.05, 3.63) is 23.7 Å². The second-order valence-corrected chi connectivity index (χ2v) is 4.59. The first-order valence-electron chi connectivity index (χ1n) is 6.71. The van der Waals surface area contributed by atoms with Crippen LogP contribution in [0.2, 0.25) is 0 Å². The second-order valence-electron chi connectivity index (χ2n) is 4.59. The van der Waals surface area contributed by atoms with Gasteiger partial charge in [0, 0.05) is 12.5 Å². The number of hydrogen-bond donors (Lipinski definition) is 0. The Morgan fingerprint density at radius 1 is 1.37 bits per heavy atom. The quantitative estimate of drug-likeness (QED) is 0.738. The lowest BCUT2D eigenvalue weighted by molar-refractivity contribution is -0.144. The summed E-state index contributed by atoms with van der Waals surface area (Å²) in [6.45, 7) is 4.04. The molecule has 5 nitrogen and oxygen atoms in total. The van der Waals surface area contributed by atoms with Crippen molar-refractivity contribution in [2.24, 2.45) is 0 Å². The zero-order valence-electron chi connectivity index (χ0n) is 11.3. The Kier molecular flexibility index (Phi) is 4.24. The van der Waals surface area contributed by atoms with Crippen LogP contribution in [0.5, 0.6) is 0 Å². The molecule has 1 aliphatic rings. The molecule has 1 amide bonds. The molecule has 0 N–H and O–H groups in total. The number of carbonyl (C=O) groups is 2. The van der Waals surface area contributed by atoms with E-state index < -0.39 is 0 Å². The first-order chi connectivity index (χ1) is 9.15. The lowest BCUT2D eigenvalue weighted by atomic mass is 10.3. The molecule has 0 saturated heterocycles. The molecule has 0 atom stereocenters. The fraction of sp³-hybridized carbons (Fsp3) is 0.571. The van der Waals surface area contributed by atoms with Crippen LogP contribution in [0.1, 0.15) is 43.0 Å². The van der Waals surface area contributed by atoms with Crippen LogP contribution >= 0.6 is 0 Å². The molecule has 0 radical (unpaired) electrons. The maximum Gasteiger partial charge on any atom is 0.325 e. The topological polar surface area (TPSA) is 59.8 Å². The Hall–Kier alpha value is -1.78. The molecule has 2 rings (SSSR count). The Bertz CT molecular complexity index is 462. The number of hydrogen-bond acceptors (Lipinski definition) is 4. The number of rotatable bonds is 6. The fourth-order valence-corrected chi connectivity index (χ4v) is 1.92. The van der Waals surface area contributed by atoms with Gasteiger partial charge in [-0.3, -0.25) is 9.59 Å². The van der Waals surface area contributed by atoms with Crippen molar-refractivity contribution < 1.29 is 18.7 Å². The highest BCUT2D eigenvalue weighted by Gasteiger charge is 2.35. The van der Waals surface area contributed by atoms with Gasteiger partial charge in [-0.05, 0) is 31.9 Å². The predicted molar refractivity (Wildman–Crippen MR) is 68.8 cm³/mol. The molecule has 0 unspecified atom stereocenters. The molecule has 104 valence electrons. The predicted octanol–water partition coefficient (Wildman–Crippen LogP) is 2.01. The first kappa shape index (κ1) is 13.6. The van der Waals surface area contributed by atoms with E-state index in [1.807, 2.05) is 6.92 Å². The monoisotopic (exact) mass is 265 g/mol. The van der Waals surface area contributed by atoms with Crippen molar-refractivity contribution in [3.63, 3.8) is 0 Å². The maximum absolute atomic E-state index is 12.3. The third-order valence-corrected chi connectivity index (χ3v) is 3.07. The van der Waals surface area contributed by atoms with E-state index in [1.54, 1.807) is 24.0 Å². The summed E-state index contributed by atoms with van der Waals surface area (Å²) in [6.07, 6.45) is 2.62. The molecule has 1 aliphatic carbocycles. The van der Waals surface area contributed by atoms with Crippen molar-refractivity contribution in [2.75, 3.05) is 13.2 Å². The highest BCUT2D eigenvalue weighted by atomic mass is 16.5. The van der Waals surface area contributed by atoms with Gasteiger partial charge in [0.2, 0.25) is 0 Å². The number of aryl methyl sites for hydroxylation is 1. The summed E-state index contributed by atoms with van der Waals surface area (Å²) in [7, 11) is 0. The van der Waals surface area contributed by atoms with E-state index in [0.717, 1.165) is 25.0 Å². The minimum atomic E-state index is -0.370. The van der Waals surface area contributed by atoms with Crippen molar-refractivity contribution in [3.8, 4) is 0 Å². The molecule has 19 heavy (non-hydrogen) atoms. The SMILES string of the molecule is CCOC(=O)CN(C(=O)c1ccc(CC)o1)C1CC1. The number of ether oxygens (including phenoxy) is 1. The van der Waals surface area contributed by atoms with Crippen LogP contribution in [-0.4, -0.2) is 36.0 Å². The van der Waals surface area contributed by atoms with Crippen LogP contribution < -0.4 is 0 Å². The Morgan fingerprint density at radius 3 is 2.63 bits per heavy atom. The van der Waals surface area contributed by atoms with Crippen molar-refractivity contribution in [2.45, 2.75) is 39.2 Å². The zero-order valence-corrected chi connectivity index (χ0v) is 11.3. The smallest absolute Gasteiger partial charge is 0.325 e. The molecule has 1 fully saturated rings. The molecular weight excluding hydrogens is 246 g/mol. The van der Waals surface area contributed by atoms with E-state index in [1.165, 1.54) is 0 Å². The van der Waals surface area contributed by atoms with E-state index in [0.29, 0.717) is 12.4 Å². The van der Waals surface area contributed by atoms with Crippen LogP contribution in [0.25, 0.3) is 0 Å². The summed E-state index contributed by atoms with van der Waals surface area (Å²) in [5.74, 6) is 0.476. The van der Waals surface area contributed by atoms with Crippen molar-refractivity contribution in [1.29, 1.82) is 0 Å². The van der Waals surface area contributed by atoms with Gasteiger partial charge in [0.25, 0.3) is 5.91 Å². The highest BCUT2D eigenvalue weighted by molar-refractivity contribution is 5.94. The maximum atomic E-state index is 12.3. The average molecular weight is 265 g/mol. The standard InChI is InChI=1S/C14H19NO4/c1-3-11-7-8-12(19-11)14(17)15(10-5-6-10)9-13(16)18-4-2/h7-8,10H,3-6,9H2,1-2H3. The number of nitrogens with zero attached hydrogens (tertiary/aromatic N) is 1. The first-order valence-corrected chi connectivity index (χ1v) is 6.71. The molecule has 1 aromatic heterocycles. The summed E-state index contributed by atoms with van der Waals surface area (Å²) < 4.78 is 10.4. The van der Waals surface area contributed by atoms with E-state index in [-0.39, 0.29) is 24.5 Å². The minimum Gasteiger partial charge on any atom is -0.465 e. The number of furan rings is 1. The third kappa shape index (κ3) is 3.36. The van der Waals surface area contributed by atoms with E-state index >= 15 is 0 Å². The van der Waals surface area contributed by atoms with E-state index in [2.05, 4.69) is 0 Å². The third-order valence-electron chi connectivity index (χ3n) is 3.07. The number of amides is 1. The number of esters is 1. The Morgan fingerprint density at radius 2 is 2.11 bits per heavy atom. The van der Waals surface area contributed by atoms with Crippen LogP contribution in [0.15, 0.2) is 16.5 Å². The van der Waals surface area contributed by atoms with E-state index in [9.17, 15) is 9.59 Å². The van der Waals surface area contributed by atoms with Crippen LogP contribution in [0, 0.1) is 0 Å².